The van der Waals surface area contributed by atoms with E-state index in [9.17, 15) is 24.0 Å². The van der Waals surface area contributed by atoms with E-state index in [1.807, 2.05) is 0 Å². The summed E-state index contributed by atoms with van der Waals surface area (Å²) in [5.41, 5.74) is 0.529. The predicted octanol–water partition coefficient (Wildman–Crippen LogP) is 2.25. The Labute approximate surface area is 206 Å². The summed E-state index contributed by atoms with van der Waals surface area (Å²) in [4.78, 5) is 51.8. The quantitative estimate of drug-likeness (QED) is 0.275. The first kappa shape index (κ1) is 35.9. The van der Waals surface area contributed by atoms with Gasteiger partial charge in [-0.15, -0.1) is 0 Å². The Hall–Kier alpha value is -3.73. The van der Waals surface area contributed by atoms with E-state index >= 15 is 0 Å². The molecular formula is C24H36O11. The van der Waals surface area contributed by atoms with Crippen LogP contribution >= 0.6 is 0 Å². The van der Waals surface area contributed by atoms with E-state index in [0.717, 1.165) is 31.6 Å². The lowest BCUT2D eigenvalue weighted by Crippen LogP contribution is -2.16. The number of methoxy groups -OCH3 is 4. The number of esters is 5. The van der Waals surface area contributed by atoms with E-state index < -0.39 is 17.9 Å². The van der Waals surface area contributed by atoms with Crippen molar-refractivity contribution < 1.29 is 52.4 Å². The van der Waals surface area contributed by atoms with Gasteiger partial charge in [0.1, 0.15) is 6.61 Å². The second-order valence-electron chi connectivity index (χ2n) is 6.32. The lowest BCUT2D eigenvalue weighted by molar-refractivity contribution is -0.143. The smallest absolute Gasteiger partial charge is 0.333 e. The molecule has 1 fully saturated rings. The largest absolute Gasteiger partial charge is 0.469 e. The summed E-state index contributed by atoms with van der Waals surface area (Å²) in [5, 5.41) is 0. The summed E-state index contributed by atoms with van der Waals surface area (Å²) in [6.07, 6.45) is 4.32. The van der Waals surface area contributed by atoms with Crippen LogP contribution in [-0.2, 0) is 52.4 Å². The van der Waals surface area contributed by atoms with Gasteiger partial charge in [-0.05, 0) is 19.8 Å². The Bertz CT molecular complexity index is 732. The molecule has 0 spiro atoms. The first-order chi connectivity index (χ1) is 16.4. The Morgan fingerprint density at radius 3 is 1.69 bits per heavy atom. The molecule has 0 aromatic rings. The minimum atomic E-state index is -0.588. The van der Waals surface area contributed by atoms with Crippen LogP contribution in [0.3, 0.4) is 0 Å². The van der Waals surface area contributed by atoms with Crippen molar-refractivity contribution in [2.75, 3.05) is 41.7 Å². The van der Waals surface area contributed by atoms with Crippen molar-refractivity contribution in [3.05, 3.63) is 49.6 Å². The van der Waals surface area contributed by atoms with Gasteiger partial charge in [0, 0.05) is 29.9 Å². The number of rotatable bonds is 8. The van der Waals surface area contributed by atoms with E-state index in [1.54, 1.807) is 6.92 Å². The molecule has 1 aliphatic heterocycles. The van der Waals surface area contributed by atoms with Gasteiger partial charge >= 0.3 is 29.8 Å². The fourth-order valence-corrected chi connectivity index (χ4v) is 1.73. The average Bonchev–Trinajstić information content (AvgIpc) is 3.40. The van der Waals surface area contributed by atoms with Crippen LogP contribution in [0.25, 0.3) is 0 Å². The maximum Gasteiger partial charge on any atom is 0.333 e. The zero-order chi connectivity index (χ0) is 27.8. The highest BCUT2D eigenvalue weighted by molar-refractivity contribution is 5.93. The topological polar surface area (TPSA) is 141 Å². The second kappa shape index (κ2) is 23.4. The maximum absolute atomic E-state index is 10.6. The summed E-state index contributed by atoms with van der Waals surface area (Å²) in [7, 11) is 5.11. The third kappa shape index (κ3) is 23.2. The van der Waals surface area contributed by atoms with E-state index in [2.05, 4.69) is 45.3 Å². The molecule has 1 aliphatic rings. The number of carbonyl (C=O) groups is 5. The molecule has 1 heterocycles. The van der Waals surface area contributed by atoms with Crippen molar-refractivity contribution in [2.45, 2.75) is 32.3 Å². The van der Waals surface area contributed by atoms with Crippen molar-refractivity contribution in [3.63, 3.8) is 0 Å². The van der Waals surface area contributed by atoms with E-state index in [-0.39, 0.29) is 30.0 Å². The Morgan fingerprint density at radius 1 is 0.857 bits per heavy atom. The molecular weight excluding hydrogens is 464 g/mol. The zero-order valence-electron chi connectivity index (χ0n) is 21.1. The van der Waals surface area contributed by atoms with Gasteiger partial charge in [0.25, 0.3) is 0 Å². The highest BCUT2D eigenvalue weighted by atomic mass is 16.6. The van der Waals surface area contributed by atoms with E-state index in [4.69, 9.17) is 9.47 Å². The van der Waals surface area contributed by atoms with Crippen molar-refractivity contribution in [1.29, 1.82) is 0 Å². The molecule has 1 rings (SSSR count). The minimum Gasteiger partial charge on any atom is -0.469 e. The molecule has 0 aliphatic carbocycles. The minimum absolute atomic E-state index is 0.0966. The zero-order valence-corrected chi connectivity index (χ0v) is 21.1. The average molecular weight is 501 g/mol. The highest BCUT2D eigenvalue weighted by Gasteiger charge is 2.16. The first-order valence-corrected chi connectivity index (χ1v) is 10.1. The predicted molar refractivity (Wildman–Crippen MR) is 127 cm³/mol. The fraction of sp³-hybridized carbons (Fsp3) is 0.458. The van der Waals surface area contributed by atoms with E-state index in [0.29, 0.717) is 12.2 Å². The molecule has 0 aromatic carbocycles. The summed E-state index contributed by atoms with van der Waals surface area (Å²) in [6.45, 7) is 15.9. The fourth-order valence-electron chi connectivity index (χ4n) is 1.73. The summed E-state index contributed by atoms with van der Waals surface area (Å²) in [6, 6.07) is 0. The molecule has 1 atom stereocenters. The molecule has 0 aromatic heterocycles. The molecule has 0 bridgehead atoms. The van der Waals surface area contributed by atoms with Crippen LogP contribution in [0.5, 0.6) is 0 Å². The van der Waals surface area contributed by atoms with Crippen molar-refractivity contribution in [2.24, 2.45) is 0 Å². The van der Waals surface area contributed by atoms with Gasteiger partial charge in [-0.3, -0.25) is 4.79 Å². The van der Waals surface area contributed by atoms with Gasteiger partial charge < -0.3 is 28.4 Å². The van der Waals surface area contributed by atoms with Gasteiger partial charge in [-0.2, -0.15) is 0 Å². The van der Waals surface area contributed by atoms with Gasteiger partial charge in [-0.25, -0.2) is 19.2 Å². The van der Waals surface area contributed by atoms with Gasteiger partial charge in [0.2, 0.25) is 0 Å². The third-order valence-electron chi connectivity index (χ3n) is 3.56. The Balaban J connectivity index is -0.000000404. The van der Waals surface area contributed by atoms with Crippen molar-refractivity contribution in [1.82, 2.24) is 0 Å². The summed E-state index contributed by atoms with van der Waals surface area (Å²) in [5.74, 6) is -2.20. The van der Waals surface area contributed by atoms with Crippen molar-refractivity contribution in [3.8, 4) is 0 Å². The van der Waals surface area contributed by atoms with Crippen molar-refractivity contribution >= 4 is 29.8 Å². The van der Waals surface area contributed by atoms with Crippen LogP contribution in [0, 0.1) is 0 Å². The van der Waals surface area contributed by atoms with Gasteiger partial charge in [-0.1, -0.05) is 26.3 Å². The molecule has 198 valence electrons. The van der Waals surface area contributed by atoms with Crippen LogP contribution in [0.4, 0.5) is 0 Å². The standard InChI is InChI=1S/C8H12O3.C7H10O4.C5H8O2.C4H6O2/c1-2-8(9)11-6-7-4-3-5-10-7;1-5(7(9)11-3)4-6(8)10-2;1-4(2)5(6)7-3;1-3-4(5)6-2/h2,7H,1,3-6H2;1,4H2,2-3H3;1H2,2-3H3;3H,1H2,2H3. The number of ether oxygens (including phenoxy) is 6. The normalized spacial score (nSPS) is 12.7. The number of carbonyl (C=O) groups excluding carboxylic acids is 5. The van der Waals surface area contributed by atoms with Gasteiger partial charge in [0.05, 0.1) is 41.0 Å². The third-order valence-corrected chi connectivity index (χ3v) is 3.56. The number of hydrogen-bond acceptors (Lipinski definition) is 11. The molecule has 0 N–H and O–H groups in total. The van der Waals surface area contributed by atoms with Crippen LogP contribution in [0.2, 0.25) is 0 Å². The first-order valence-electron chi connectivity index (χ1n) is 10.1. The molecule has 11 heteroatoms. The SMILES string of the molecule is C=C(C)C(=O)OC.C=C(CC(=O)OC)C(=O)OC.C=CC(=O)OC.C=CC(=O)OCC1CCCO1. The molecule has 0 saturated carbocycles. The molecule has 0 amide bonds. The van der Waals surface area contributed by atoms with Gasteiger partial charge in [0.15, 0.2) is 0 Å². The molecule has 1 unspecified atom stereocenters. The Morgan fingerprint density at radius 2 is 1.40 bits per heavy atom. The molecule has 0 radical (unpaired) electrons. The molecule has 35 heavy (non-hydrogen) atoms. The lowest BCUT2D eigenvalue weighted by Gasteiger charge is -2.07. The Kier molecular flexibility index (Phi) is 24.0. The molecule has 1 saturated heterocycles. The maximum atomic E-state index is 10.6. The number of hydrogen-bond donors (Lipinski definition) is 0. The van der Waals surface area contributed by atoms with Crippen LogP contribution in [0.15, 0.2) is 49.6 Å². The monoisotopic (exact) mass is 500 g/mol. The van der Waals surface area contributed by atoms with Crippen LogP contribution in [-0.4, -0.2) is 77.6 Å². The lowest BCUT2D eigenvalue weighted by atomic mass is 10.2. The molecule has 11 nitrogen and oxygen atoms in total. The highest BCUT2D eigenvalue weighted by Crippen LogP contribution is 2.11. The second-order valence-corrected chi connectivity index (χ2v) is 6.32. The summed E-state index contributed by atoms with van der Waals surface area (Å²) < 4.78 is 27.1. The van der Waals surface area contributed by atoms with Crippen LogP contribution < -0.4 is 0 Å². The van der Waals surface area contributed by atoms with E-state index in [1.165, 1.54) is 28.4 Å². The van der Waals surface area contributed by atoms with Crippen LogP contribution in [0.1, 0.15) is 26.2 Å². The summed E-state index contributed by atoms with van der Waals surface area (Å²) >= 11 is 0.